The van der Waals surface area contributed by atoms with Crippen LogP contribution in [0.2, 0.25) is 0 Å². The van der Waals surface area contributed by atoms with Gasteiger partial charge in [-0.15, -0.1) is 11.3 Å². The minimum atomic E-state index is -0.302. The van der Waals surface area contributed by atoms with Gasteiger partial charge in [0.05, 0.1) is 15.4 Å². The second-order valence-corrected chi connectivity index (χ2v) is 9.49. The van der Waals surface area contributed by atoms with Crippen molar-refractivity contribution in [3.8, 4) is 16.5 Å². The Morgan fingerprint density at radius 1 is 1.28 bits per heavy atom. The maximum absolute atomic E-state index is 13.7. The molecule has 1 saturated heterocycles. The molecule has 1 amide bonds. The van der Waals surface area contributed by atoms with Crippen molar-refractivity contribution in [2.24, 2.45) is 5.92 Å². The van der Waals surface area contributed by atoms with Crippen LogP contribution >= 0.6 is 11.3 Å². The molecule has 32 heavy (non-hydrogen) atoms. The van der Waals surface area contributed by atoms with Crippen LogP contribution in [0.25, 0.3) is 10.4 Å². The normalized spacial score (nSPS) is 18.4. The zero-order chi connectivity index (χ0) is 22.7. The second-order valence-electron chi connectivity index (χ2n) is 8.29. The topological polar surface area (TPSA) is 69.9 Å². The highest BCUT2D eigenvalue weighted by atomic mass is 32.1. The van der Waals surface area contributed by atoms with E-state index in [2.05, 4.69) is 23.0 Å². The van der Waals surface area contributed by atoms with Gasteiger partial charge in [0.25, 0.3) is 5.91 Å². The number of pyridine rings is 1. The number of likely N-dealkylation sites (tertiary alicyclic amines) is 1. The van der Waals surface area contributed by atoms with Gasteiger partial charge in [0.2, 0.25) is 0 Å². The van der Waals surface area contributed by atoms with Crippen LogP contribution in [-0.2, 0) is 6.42 Å². The molecule has 0 N–H and O–H groups in total. The summed E-state index contributed by atoms with van der Waals surface area (Å²) in [6, 6.07) is 12.1. The van der Waals surface area contributed by atoms with E-state index in [0.717, 1.165) is 46.8 Å². The quantitative estimate of drug-likeness (QED) is 0.524. The smallest absolute Gasteiger partial charge is 0.274 e. The van der Waals surface area contributed by atoms with Crippen molar-refractivity contribution in [1.82, 2.24) is 14.9 Å². The molecule has 3 aromatic rings. The average molecular weight is 449 g/mol. The fourth-order valence-corrected chi connectivity index (χ4v) is 5.30. The molecule has 2 atom stereocenters. The van der Waals surface area contributed by atoms with E-state index in [4.69, 9.17) is 5.26 Å². The molecule has 0 bridgehead atoms. The number of aromatic nitrogens is 2. The molecule has 1 aromatic carbocycles. The van der Waals surface area contributed by atoms with Crippen LogP contribution in [0.4, 0.5) is 4.39 Å². The van der Waals surface area contributed by atoms with Gasteiger partial charge in [-0.1, -0.05) is 19.1 Å². The molecule has 2 aromatic heterocycles. The summed E-state index contributed by atoms with van der Waals surface area (Å²) in [4.78, 5) is 25.4. The number of hydrogen-bond acceptors (Lipinski definition) is 5. The predicted molar refractivity (Wildman–Crippen MR) is 123 cm³/mol. The lowest BCUT2D eigenvalue weighted by molar-refractivity contribution is 0.0494. The second kappa shape index (κ2) is 9.58. The molecule has 0 aliphatic carbocycles. The Bertz CT molecular complexity index is 1130. The number of nitrogens with zero attached hydrogens (tertiary/aromatic N) is 4. The highest BCUT2D eigenvalue weighted by molar-refractivity contribution is 7.15. The third-order valence-corrected chi connectivity index (χ3v) is 7.09. The Hall–Kier alpha value is -3.11. The van der Waals surface area contributed by atoms with E-state index in [1.54, 1.807) is 24.4 Å². The van der Waals surface area contributed by atoms with Crippen molar-refractivity contribution >= 4 is 17.2 Å². The number of amides is 1. The number of nitriles is 1. The van der Waals surface area contributed by atoms with Gasteiger partial charge in [-0.2, -0.15) is 5.26 Å². The maximum atomic E-state index is 13.7. The van der Waals surface area contributed by atoms with E-state index >= 15 is 0 Å². The fourth-order valence-electron chi connectivity index (χ4n) is 4.38. The van der Waals surface area contributed by atoms with E-state index in [9.17, 15) is 9.18 Å². The Labute approximate surface area is 191 Å². The van der Waals surface area contributed by atoms with E-state index < -0.39 is 0 Å². The standard InChI is InChI=1S/C25H25FN4OS/c1-16-4-3-13-30(22(16)12-11-21-10-5-18(14-27)15-28-21)25(31)23-24(32-17(2)29-23)19-6-8-20(26)9-7-19/h5-10,15-16,22H,3-4,11-13H2,1-2H3/t16-,22-/m1/s1. The van der Waals surface area contributed by atoms with Crippen LogP contribution in [0.3, 0.4) is 0 Å². The van der Waals surface area contributed by atoms with Gasteiger partial charge < -0.3 is 4.90 Å². The van der Waals surface area contributed by atoms with Crippen molar-refractivity contribution in [2.75, 3.05) is 6.54 Å². The molecule has 0 spiro atoms. The molecule has 5 nitrogen and oxygen atoms in total. The molecule has 164 valence electrons. The summed E-state index contributed by atoms with van der Waals surface area (Å²) in [5.41, 5.74) is 2.73. The number of hydrogen-bond donors (Lipinski definition) is 0. The molecule has 4 rings (SSSR count). The average Bonchev–Trinajstić information content (AvgIpc) is 3.20. The van der Waals surface area contributed by atoms with Crippen LogP contribution in [0.1, 0.15) is 52.9 Å². The van der Waals surface area contributed by atoms with E-state index in [0.29, 0.717) is 23.7 Å². The Morgan fingerprint density at radius 3 is 2.75 bits per heavy atom. The van der Waals surface area contributed by atoms with E-state index in [1.807, 2.05) is 17.9 Å². The largest absolute Gasteiger partial charge is 0.334 e. The first kappa shape index (κ1) is 22.1. The Morgan fingerprint density at radius 2 is 2.06 bits per heavy atom. The van der Waals surface area contributed by atoms with Gasteiger partial charge in [-0.05, 0) is 68.4 Å². The van der Waals surface area contributed by atoms with Gasteiger partial charge >= 0.3 is 0 Å². The molecule has 1 aliphatic heterocycles. The van der Waals surface area contributed by atoms with Gasteiger partial charge in [0.15, 0.2) is 0 Å². The SMILES string of the molecule is Cc1nc(C(=O)N2CCC[C@@H](C)[C@H]2CCc2ccc(C#N)cn2)c(-c2ccc(F)cc2)s1. The molecule has 1 aliphatic rings. The van der Waals surface area contributed by atoms with Crippen LogP contribution in [0.5, 0.6) is 0 Å². The summed E-state index contributed by atoms with van der Waals surface area (Å²) in [6.45, 7) is 4.79. The summed E-state index contributed by atoms with van der Waals surface area (Å²) < 4.78 is 13.4. The maximum Gasteiger partial charge on any atom is 0.274 e. The molecule has 0 radical (unpaired) electrons. The molecule has 7 heteroatoms. The molecular formula is C25H25FN4OS. The third kappa shape index (κ3) is 4.71. The number of thiazole rings is 1. The third-order valence-electron chi connectivity index (χ3n) is 6.07. The van der Waals surface area contributed by atoms with Crippen molar-refractivity contribution in [3.05, 3.63) is 70.4 Å². The van der Waals surface area contributed by atoms with Gasteiger partial charge in [-0.25, -0.2) is 9.37 Å². The molecule has 1 fully saturated rings. The summed E-state index contributed by atoms with van der Waals surface area (Å²) >= 11 is 1.46. The lowest BCUT2D eigenvalue weighted by Crippen LogP contribution is -2.48. The zero-order valence-electron chi connectivity index (χ0n) is 18.2. The fraction of sp³-hybridized carbons (Fsp3) is 0.360. The first-order chi connectivity index (χ1) is 15.5. The van der Waals surface area contributed by atoms with Crippen molar-refractivity contribution in [1.29, 1.82) is 5.26 Å². The van der Waals surface area contributed by atoms with Gasteiger partial charge in [0, 0.05) is 24.5 Å². The number of rotatable bonds is 5. The van der Waals surface area contributed by atoms with Crippen LogP contribution in [0, 0.1) is 30.0 Å². The van der Waals surface area contributed by atoms with Crippen LogP contribution < -0.4 is 0 Å². The van der Waals surface area contributed by atoms with Gasteiger partial charge in [-0.3, -0.25) is 9.78 Å². The van der Waals surface area contributed by atoms with Crippen LogP contribution in [-0.4, -0.2) is 33.4 Å². The summed E-state index contributed by atoms with van der Waals surface area (Å²) in [6.07, 6.45) is 5.19. The minimum absolute atomic E-state index is 0.0574. The van der Waals surface area contributed by atoms with Crippen LogP contribution in [0.15, 0.2) is 42.6 Å². The van der Waals surface area contributed by atoms with Crippen molar-refractivity contribution in [2.45, 2.75) is 45.6 Å². The molecule has 0 saturated carbocycles. The number of halogens is 1. The van der Waals surface area contributed by atoms with Crippen molar-refractivity contribution < 1.29 is 9.18 Å². The zero-order valence-corrected chi connectivity index (χ0v) is 19.0. The Kier molecular flexibility index (Phi) is 6.61. The number of carbonyl (C=O) groups excluding carboxylic acids is 1. The summed E-state index contributed by atoms with van der Waals surface area (Å²) in [7, 11) is 0. The molecule has 3 heterocycles. The molecular weight excluding hydrogens is 423 g/mol. The Balaban J connectivity index is 1.57. The first-order valence-electron chi connectivity index (χ1n) is 10.9. The van der Waals surface area contributed by atoms with E-state index in [-0.39, 0.29) is 17.8 Å². The van der Waals surface area contributed by atoms with Crippen molar-refractivity contribution in [3.63, 3.8) is 0 Å². The number of benzene rings is 1. The lowest BCUT2D eigenvalue weighted by Gasteiger charge is -2.40. The highest BCUT2D eigenvalue weighted by Gasteiger charge is 2.34. The minimum Gasteiger partial charge on any atom is -0.334 e. The monoisotopic (exact) mass is 448 g/mol. The highest BCUT2D eigenvalue weighted by Crippen LogP contribution is 2.34. The first-order valence-corrected chi connectivity index (χ1v) is 11.7. The number of aryl methyl sites for hydroxylation is 2. The lowest BCUT2D eigenvalue weighted by atomic mass is 9.87. The van der Waals surface area contributed by atoms with E-state index in [1.165, 1.54) is 23.5 Å². The number of carbonyl (C=O) groups is 1. The predicted octanol–water partition coefficient (Wildman–Crippen LogP) is 5.40. The number of piperidine rings is 1. The van der Waals surface area contributed by atoms with Gasteiger partial charge in [0.1, 0.15) is 17.6 Å². The summed E-state index contributed by atoms with van der Waals surface area (Å²) in [5, 5.41) is 9.78. The summed E-state index contributed by atoms with van der Waals surface area (Å²) in [5.74, 6) is 0.0160. The molecule has 0 unspecified atom stereocenters.